The van der Waals surface area contributed by atoms with E-state index in [1.54, 1.807) is 43.3 Å². The molecule has 0 unspecified atom stereocenters. The van der Waals surface area contributed by atoms with Crippen LogP contribution in [0.5, 0.6) is 5.75 Å². The summed E-state index contributed by atoms with van der Waals surface area (Å²) in [5, 5.41) is 4.19. The number of nitrogens with zero attached hydrogens (tertiary/aromatic N) is 1. The van der Waals surface area contributed by atoms with Gasteiger partial charge in [-0.15, -0.1) is 0 Å². The maximum atomic E-state index is 13.0. The minimum absolute atomic E-state index is 0.0647. The molecule has 1 atom stereocenters. The summed E-state index contributed by atoms with van der Waals surface area (Å²) in [6.07, 6.45) is 0. The van der Waals surface area contributed by atoms with E-state index >= 15 is 0 Å². The van der Waals surface area contributed by atoms with E-state index in [2.05, 4.69) is 21.2 Å². The summed E-state index contributed by atoms with van der Waals surface area (Å²) in [5.74, 6) is -0.212. The Morgan fingerprint density at radius 1 is 1.10 bits per heavy atom. The Morgan fingerprint density at radius 3 is 2.30 bits per heavy atom. The molecule has 0 saturated carbocycles. The number of halogens is 4. The first-order valence-corrected chi connectivity index (χ1v) is 11.1. The van der Waals surface area contributed by atoms with Gasteiger partial charge in [-0.1, -0.05) is 40.9 Å². The summed E-state index contributed by atoms with van der Waals surface area (Å²) >= 11 is 21.9. The highest BCUT2D eigenvalue weighted by molar-refractivity contribution is 9.10. The molecule has 0 aliphatic carbocycles. The average molecular weight is 537 g/mol. The summed E-state index contributed by atoms with van der Waals surface area (Å²) in [6, 6.07) is 9.25. The van der Waals surface area contributed by atoms with E-state index in [4.69, 9.17) is 39.5 Å². The smallest absolute Gasteiger partial charge is 0.261 e. The molecule has 0 aliphatic rings. The molecular weight excluding hydrogens is 515 g/mol. The van der Waals surface area contributed by atoms with Crippen molar-refractivity contribution in [3.05, 3.63) is 61.5 Å². The van der Waals surface area contributed by atoms with Gasteiger partial charge in [-0.05, 0) is 67.0 Å². The summed E-state index contributed by atoms with van der Waals surface area (Å²) in [7, 11) is 0. The molecule has 1 N–H and O–H groups in total. The van der Waals surface area contributed by atoms with Gasteiger partial charge in [0.2, 0.25) is 5.91 Å². The highest BCUT2D eigenvalue weighted by Crippen LogP contribution is 2.29. The fraction of sp³-hybridized carbons (Fsp3) is 0.333. The van der Waals surface area contributed by atoms with Crippen molar-refractivity contribution in [2.75, 3.05) is 6.61 Å². The normalized spacial score (nSPS) is 11.9. The maximum Gasteiger partial charge on any atom is 0.261 e. The zero-order valence-corrected chi connectivity index (χ0v) is 20.6. The number of carbonyl (C=O) groups is 2. The van der Waals surface area contributed by atoms with Gasteiger partial charge < -0.3 is 15.0 Å². The van der Waals surface area contributed by atoms with Crippen LogP contribution in [0.4, 0.5) is 0 Å². The lowest BCUT2D eigenvalue weighted by molar-refractivity contribution is -0.142. The van der Waals surface area contributed by atoms with Crippen molar-refractivity contribution < 1.29 is 14.3 Å². The monoisotopic (exact) mass is 534 g/mol. The number of hydrogen-bond donors (Lipinski definition) is 1. The molecule has 0 aliphatic heterocycles. The van der Waals surface area contributed by atoms with Gasteiger partial charge in [0, 0.05) is 33.2 Å². The number of rotatable bonds is 8. The zero-order valence-electron chi connectivity index (χ0n) is 16.7. The predicted octanol–water partition coefficient (Wildman–Crippen LogP) is 5.73. The van der Waals surface area contributed by atoms with Crippen LogP contribution in [-0.2, 0) is 16.1 Å². The van der Waals surface area contributed by atoms with Crippen molar-refractivity contribution in [2.24, 2.45) is 0 Å². The molecule has 0 spiro atoms. The Hall–Kier alpha value is -1.47. The first-order valence-electron chi connectivity index (χ1n) is 9.20. The summed E-state index contributed by atoms with van der Waals surface area (Å²) in [5.41, 5.74) is 0.561. The lowest BCUT2D eigenvalue weighted by atomic mass is 10.1. The Bertz CT molecular complexity index is 904. The van der Waals surface area contributed by atoms with Gasteiger partial charge in [-0.3, -0.25) is 9.59 Å². The van der Waals surface area contributed by atoms with Crippen LogP contribution < -0.4 is 10.1 Å². The SMILES string of the molecule is CC(C)NC(=O)[C@@H](C)N(Cc1c(Cl)cccc1Cl)C(=O)COc1ccc(Cl)cc1Br. The molecule has 0 saturated heterocycles. The second-order valence-electron chi connectivity index (χ2n) is 6.92. The van der Waals surface area contributed by atoms with Gasteiger partial charge >= 0.3 is 0 Å². The molecule has 2 aromatic rings. The van der Waals surface area contributed by atoms with Crippen LogP contribution in [0.25, 0.3) is 0 Å². The zero-order chi connectivity index (χ0) is 22.4. The third kappa shape index (κ3) is 6.77. The van der Waals surface area contributed by atoms with Gasteiger partial charge in [-0.2, -0.15) is 0 Å². The van der Waals surface area contributed by atoms with E-state index in [1.807, 2.05) is 13.8 Å². The summed E-state index contributed by atoms with van der Waals surface area (Å²) in [4.78, 5) is 27.0. The largest absolute Gasteiger partial charge is 0.483 e. The van der Waals surface area contributed by atoms with Gasteiger partial charge in [0.25, 0.3) is 5.91 Å². The van der Waals surface area contributed by atoms with Crippen LogP contribution in [0, 0.1) is 0 Å². The molecule has 0 aromatic heterocycles. The molecule has 0 fully saturated rings. The molecule has 0 bridgehead atoms. The van der Waals surface area contributed by atoms with E-state index in [1.165, 1.54) is 4.90 Å². The Balaban J connectivity index is 2.24. The molecule has 0 heterocycles. The average Bonchev–Trinajstić information content (AvgIpc) is 2.66. The topological polar surface area (TPSA) is 58.6 Å². The molecule has 0 radical (unpaired) electrons. The van der Waals surface area contributed by atoms with Crippen LogP contribution >= 0.6 is 50.7 Å². The summed E-state index contributed by atoms with van der Waals surface area (Å²) < 4.78 is 6.27. The van der Waals surface area contributed by atoms with Crippen LogP contribution in [0.15, 0.2) is 40.9 Å². The highest BCUT2D eigenvalue weighted by atomic mass is 79.9. The quantitative estimate of drug-likeness (QED) is 0.469. The van der Waals surface area contributed by atoms with Crippen LogP contribution in [0.1, 0.15) is 26.3 Å². The molecule has 30 heavy (non-hydrogen) atoms. The van der Waals surface area contributed by atoms with Crippen molar-refractivity contribution in [2.45, 2.75) is 39.4 Å². The number of ether oxygens (including phenoxy) is 1. The highest BCUT2D eigenvalue weighted by Gasteiger charge is 2.28. The fourth-order valence-corrected chi connectivity index (χ4v) is 3.97. The van der Waals surface area contributed by atoms with E-state index in [0.29, 0.717) is 30.9 Å². The number of benzene rings is 2. The maximum absolute atomic E-state index is 13.0. The first-order chi connectivity index (χ1) is 14.1. The number of nitrogens with one attached hydrogen (secondary N) is 1. The van der Waals surface area contributed by atoms with Gasteiger partial charge in [0.1, 0.15) is 11.8 Å². The van der Waals surface area contributed by atoms with Gasteiger partial charge in [-0.25, -0.2) is 0 Å². The Kier molecular flexibility index (Phi) is 9.29. The molecule has 2 amide bonds. The predicted molar refractivity (Wildman–Crippen MR) is 124 cm³/mol. The lowest BCUT2D eigenvalue weighted by Gasteiger charge is -2.30. The minimum atomic E-state index is -0.760. The van der Waals surface area contributed by atoms with Crippen molar-refractivity contribution in [1.82, 2.24) is 10.2 Å². The number of hydrogen-bond acceptors (Lipinski definition) is 3. The van der Waals surface area contributed by atoms with Crippen molar-refractivity contribution in [3.63, 3.8) is 0 Å². The molecule has 162 valence electrons. The minimum Gasteiger partial charge on any atom is -0.483 e. The lowest BCUT2D eigenvalue weighted by Crippen LogP contribution is -2.50. The standard InChI is InChI=1S/C21H22BrCl3N2O3/c1-12(2)26-21(29)13(3)27(10-15-17(24)5-4-6-18(15)25)20(28)11-30-19-8-7-14(23)9-16(19)22/h4-9,12-13H,10-11H2,1-3H3,(H,26,29)/t13-/m1/s1. The van der Waals surface area contributed by atoms with E-state index in [-0.39, 0.29) is 31.0 Å². The Morgan fingerprint density at radius 2 is 1.73 bits per heavy atom. The second kappa shape index (κ2) is 11.2. The molecule has 9 heteroatoms. The second-order valence-corrected chi connectivity index (χ2v) is 9.03. The molecule has 5 nitrogen and oxygen atoms in total. The van der Waals surface area contributed by atoms with Crippen LogP contribution in [-0.4, -0.2) is 35.4 Å². The Labute approximate surface area is 199 Å². The summed E-state index contributed by atoms with van der Waals surface area (Å²) in [6.45, 7) is 5.14. The van der Waals surface area contributed by atoms with E-state index in [9.17, 15) is 9.59 Å². The van der Waals surface area contributed by atoms with Crippen molar-refractivity contribution in [1.29, 1.82) is 0 Å². The number of carbonyl (C=O) groups excluding carboxylic acids is 2. The van der Waals surface area contributed by atoms with Crippen molar-refractivity contribution in [3.8, 4) is 5.75 Å². The van der Waals surface area contributed by atoms with Crippen LogP contribution in [0.2, 0.25) is 15.1 Å². The molecule has 2 aromatic carbocycles. The molecule has 2 rings (SSSR count). The van der Waals surface area contributed by atoms with Gasteiger partial charge in [0.15, 0.2) is 6.61 Å². The fourth-order valence-electron chi connectivity index (χ4n) is 2.66. The van der Waals surface area contributed by atoms with E-state index in [0.717, 1.165) is 0 Å². The van der Waals surface area contributed by atoms with Gasteiger partial charge in [0.05, 0.1) is 4.47 Å². The van der Waals surface area contributed by atoms with Crippen molar-refractivity contribution >= 4 is 62.5 Å². The van der Waals surface area contributed by atoms with Crippen LogP contribution in [0.3, 0.4) is 0 Å². The third-order valence-corrected chi connectivity index (χ3v) is 5.80. The molecular formula is C21H22BrCl3N2O3. The number of amides is 2. The van der Waals surface area contributed by atoms with E-state index < -0.39 is 6.04 Å². The third-order valence-electron chi connectivity index (χ3n) is 4.23. The first kappa shape index (κ1) is 24.8.